The molecule has 0 bridgehead atoms. The van der Waals surface area contributed by atoms with Gasteiger partial charge in [-0.1, -0.05) is 46.9 Å². The summed E-state index contributed by atoms with van der Waals surface area (Å²) in [5, 5.41) is 0.879. The van der Waals surface area contributed by atoms with E-state index < -0.39 is 5.97 Å². The van der Waals surface area contributed by atoms with Crippen molar-refractivity contribution in [1.82, 2.24) is 14.5 Å². The van der Waals surface area contributed by atoms with E-state index >= 15 is 0 Å². The zero-order valence-corrected chi connectivity index (χ0v) is 16.8. The summed E-state index contributed by atoms with van der Waals surface area (Å²) in [4.78, 5) is 21.8. The normalized spacial score (nSPS) is 11.3. The summed E-state index contributed by atoms with van der Waals surface area (Å²) < 4.78 is 6.70. The summed E-state index contributed by atoms with van der Waals surface area (Å²) in [6.07, 6.45) is 0. The number of esters is 1. The fraction of sp³-hybridized carbons (Fsp3) is 0.105. The summed E-state index contributed by atoms with van der Waals surface area (Å²) in [7, 11) is 0. The first-order valence-corrected chi connectivity index (χ1v) is 9.44. The molecule has 6 nitrogen and oxygen atoms in total. The average Bonchev–Trinajstić information content (AvgIpc) is 2.94. The topological polar surface area (TPSA) is 83.0 Å². The Hall–Kier alpha value is -2.54. The predicted octanol–water partition coefficient (Wildman–Crippen LogP) is 5.29. The van der Waals surface area contributed by atoms with Gasteiger partial charge in [0.1, 0.15) is 16.9 Å². The zero-order valence-electron chi connectivity index (χ0n) is 14.5. The lowest BCUT2D eigenvalue weighted by Crippen LogP contribution is -2.09. The van der Waals surface area contributed by atoms with Crippen LogP contribution in [0.3, 0.4) is 0 Å². The molecule has 0 aliphatic rings. The Morgan fingerprint density at radius 3 is 2.39 bits per heavy atom. The third-order valence-corrected chi connectivity index (χ3v) is 5.23. The predicted molar refractivity (Wildman–Crippen MR) is 112 cm³/mol. The number of carbonyl (C=O) groups is 1. The van der Waals surface area contributed by atoms with Crippen molar-refractivity contribution < 1.29 is 9.53 Å². The molecule has 2 aromatic carbocycles. The third-order valence-electron chi connectivity index (χ3n) is 4.21. The molecule has 2 N–H and O–H groups in total. The Morgan fingerprint density at radius 2 is 1.71 bits per heavy atom. The van der Waals surface area contributed by atoms with Gasteiger partial charge in [0.05, 0.1) is 38.4 Å². The average molecular weight is 436 g/mol. The minimum Gasteiger partial charge on any atom is -0.462 e. The molecule has 2 heterocycles. The molecule has 28 heavy (non-hydrogen) atoms. The van der Waals surface area contributed by atoms with Gasteiger partial charge in [0.25, 0.3) is 0 Å². The minimum absolute atomic E-state index is 0.101. The summed E-state index contributed by atoms with van der Waals surface area (Å²) in [6.45, 7) is 1.91. The summed E-state index contributed by atoms with van der Waals surface area (Å²) in [5.74, 6) is -0.492. The van der Waals surface area contributed by atoms with Crippen LogP contribution < -0.4 is 5.73 Å². The molecule has 0 aliphatic carbocycles. The van der Waals surface area contributed by atoms with E-state index in [4.69, 9.17) is 45.3 Å². The molecular formula is C19H13Cl3N4O2. The van der Waals surface area contributed by atoms with E-state index in [-0.39, 0.29) is 23.0 Å². The maximum Gasteiger partial charge on any atom is 0.344 e. The summed E-state index contributed by atoms with van der Waals surface area (Å²) in [5.41, 5.74) is 8.84. The lowest BCUT2D eigenvalue weighted by Gasteiger charge is -2.11. The molecule has 0 atom stereocenters. The summed E-state index contributed by atoms with van der Waals surface area (Å²) in [6, 6.07) is 10.4. The number of rotatable bonds is 3. The molecule has 0 amide bonds. The van der Waals surface area contributed by atoms with Crippen molar-refractivity contribution in [2.45, 2.75) is 6.92 Å². The molecule has 0 unspecified atom stereocenters. The van der Waals surface area contributed by atoms with Crippen LogP contribution in [0.25, 0.3) is 27.9 Å². The first-order valence-electron chi connectivity index (χ1n) is 8.31. The lowest BCUT2D eigenvalue weighted by molar-refractivity contribution is 0.0529. The number of anilines is 1. The van der Waals surface area contributed by atoms with Crippen molar-refractivity contribution in [3.63, 3.8) is 0 Å². The highest BCUT2D eigenvalue weighted by atomic mass is 35.5. The van der Waals surface area contributed by atoms with E-state index in [1.807, 2.05) is 18.2 Å². The van der Waals surface area contributed by atoms with Crippen LogP contribution in [0.5, 0.6) is 0 Å². The number of benzene rings is 2. The van der Waals surface area contributed by atoms with Gasteiger partial charge in [0, 0.05) is 0 Å². The van der Waals surface area contributed by atoms with E-state index in [0.717, 1.165) is 0 Å². The second-order valence-corrected chi connectivity index (χ2v) is 7.14. The van der Waals surface area contributed by atoms with Crippen LogP contribution in [-0.4, -0.2) is 27.1 Å². The molecule has 0 spiro atoms. The van der Waals surface area contributed by atoms with Crippen molar-refractivity contribution >= 4 is 68.8 Å². The van der Waals surface area contributed by atoms with E-state index in [9.17, 15) is 4.79 Å². The highest BCUT2D eigenvalue weighted by molar-refractivity contribution is 6.43. The van der Waals surface area contributed by atoms with Gasteiger partial charge in [-0.3, -0.25) is 4.57 Å². The number of halogens is 3. The van der Waals surface area contributed by atoms with E-state index in [0.29, 0.717) is 37.9 Å². The number of nitrogens with two attached hydrogens (primary N) is 1. The Bertz CT molecular complexity index is 1250. The Balaban J connectivity index is 2.14. The quantitative estimate of drug-likeness (QED) is 0.349. The minimum atomic E-state index is -0.593. The summed E-state index contributed by atoms with van der Waals surface area (Å²) >= 11 is 18.6. The molecule has 0 aliphatic heterocycles. The van der Waals surface area contributed by atoms with E-state index in [1.165, 1.54) is 10.6 Å². The number of nitrogen functional groups attached to an aromatic ring is 1. The van der Waals surface area contributed by atoms with Crippen molar-refractivity contribution in [3.05, 3.63) is 57.0 Å². The van der Waals surface area contributed by atoms with Crippen LogP contribution in [0.4, 0.5) is 5.82 Å². The largest absolute Gasteiger partial charge is 0.462 e. The van der Waals surface area contributed by atoms with Crippen LogP contribution >= 0.6 is 34.8 Å². The van der Waals surface area contributed by atoms with Gasteiger partial charge >= 0.3 is 5.97 Å². The number of carbonyl (C=O) groups excluding carboxylic acids is 1. The number of hydrogen-bond acceptors (Lipinski definition) is 5. The zero-order chi connectivity index (χ0) is 20.0. The van der Waals surface area contributed by atoms with Crippen LogP contribution in [0.1, 0.15) is 17.3 Å². The number of nitrogens with zero attached hydrogens (tertiary/aromatic N) is 3. The number of fused-ring (bicyclic) bond motifs is 2. The van der Waals surface area contributed by atoms with Gasteiger partial charge < -0.3 is 10.5 Å². The molecule has 142 valence electrons. The molecule has 0 saturated carbocycles. The van der Waals surface area contributed by atoms with Crippen molar-refractivity contribution in [1.29, 1.82) is 0 Å². The maximum atomic E-state index is 12.6. The maximum absolute atomic E-state index is 12.6. The molecule has 4 aromatic rings. The first-order chi connectivity index (χ1) is 13.4. The SMILES string of the molecule is CCOC(=O)c1c(N)n(-c2cc(Cl)c(Cl)cc2Cl)c2nc3ccccc3nc12. The van der Waals surface area contributed by atoms with Gasteiger partial charge in [-0.2, -0.15) is 0 Å². The molecule has 2 aromatic heterocycles. The van der Waals surface area contributed by atoms with Crippen LogP contribution in [-0.2, 0) is 4.74 Å². The monoisotopic (exact) mass is 434 g/mol. The molecule has 9 heteroatoms. The van der Waals surface area contributed by atoms with Crippen LogP contribution in [0, 0.1) is 0 Å². The van der Waals surface area contributed by atoms with Crippen LogP contribution in [0.2, 0.25) is 15.1 Å². The highest BCUT2D eigenvalue weighted by Crippen LogP contribution is 2.37. The first kappa shape index (κ1) is 18.8. The van der Waals surface area contributed by atoms with Crippen molar-refractivity contribution in [3.8, 4) is 5.69 Å². The Labute approximate surface area is 174 Å². The van der Waals surface area contributed by atoms with Gasteiger partial charge in [-0.25, -0.2) is 14.8 Å². The van der Waals surface area contributed by atoms with E-state index in [1.54, 1.807) is 19.1 Å². The van der Waals surface area contributed by atoms with E-state index in [2.05, 4.69) is 9.97 Å². The van der Waals surface area contributed by atoms with Crippen molar-refractivity contribution in [2.75, 3.05) is 12.3 Å². The smallest absolute Gasteiger partial charge is 0.344 e. The van der Waals surface area contributed by atoms with Gasteiger partial charge in [0.15, 0.2) is 5.65 Å². The third kappa shape index (κ3) is 2.94. The van der Waals surface area contributed by atoms with Gasteiger partial charge in [0.2, 0.25) is 0 Å². The Kier molecular flexibility index (Phi) is 4.79. The number of ether oxygens (including phenoxy) is 1. The lowest BCUT2D eigenvalue weighted by atomic mass is 10.2. The fourth-order valence-electron chi connectivity index (χ4n) is 2.99. The Morgan fingerprint density at radius 1 is 1.07 bits per heavy atom. The molecule has 4 rings (SSSR count). The molecular weight excluding hydrogens is 423 g/mol. The number of aromatic nitrogens is 3. The molecule has 0 radical (unpaired) electrons. The second kappa shape index (κ2) is 7.13. The van der Waals surface area contributed by atoms with Crippen LogP contribution in [0.15, 0.2) is 36.4 Å². The standard InChI is InChI=1S/C19H13Cl3N4O2/c1-2-28-19(27)15-16-18(25-13-6-4-3-5-12(13)24-16)26(17(15)23)14-8-10(21)9(20)7-11(14)22/h3-8H,2,23H2,1H3. The van der Waals surface area contributed by atoms with Gasteiger partial charge in [-0.15, -0.1) is 0 Å². The van der Waals surface area contributed by atoms with Crippen molar-refractivity contribution in [2.24, 2.45) is 0 Å². The highest BCUT2D eigenvalue weighted by Gasteiger charge is 2.27. The molecule has 0 saturated heterocycles. The second-order valence-electron chi connectivity index (χ2n) is 5.92. The number of hydrogen-bond donors (Lipinski definition) is 1. The fourth-order valence-corrected chi connectivity index (χ4v) is 3.62. The van der Waals surface area contributed by atoms with Gasteiger partial charge in [-0.05, 0) is 31.2 Å². The number of para-hydroxylation sites is 2. The molecule has 0 fully saturated rings.